The van der Waals surface area contributed by atoms with Crippen molar-refractivity contribution in [3.8, 4) is 22.4 Å². The third kappa shape index (κ3) is 3.99. The van der Waals surface area contributed by atoms with Gasteiger partial charge in [-0.25, -0.2) is 0 Å². The maximum atomic E-state index is 5.21. The van der Waals surface area contributed by atoms with E-state index in [-0.39, 0.29) is 0 Å². The Bertz CT molecular complexity index is 1440. The SMILES string of the molecule is Cc1cc2c(c(-c3ncc(CC(C)C)c4ccc(C5CCC(C)(C)C5)cc34)c1)Cc1ccccc1-2. The molecular formula is C34H37N. The zero-order chi connectivity index (χ0) is 24.3. The van der Waals surface area contributed by atoms with Gasteiger partial charge in [0.2, 0.25) is 0 Å². The second-order valence-corrected chi connectivity index (χ2v) is 12.3. The predicted octanol–water partition coefficient (Wildman–Crippen LogP) is 9.27. The van der Waals surface area contributed by atoms with Crippen molar-refractivity contribution in [3.63, 3.8) is 0 Å². The average molecular weight is 460 g/mol. The Kier molecular flexibility index (Phi) is 5.36. The van der Waals surface area contributed by atoms with Crippen LogP contribution in [0, 0.1) is 18.3 Å². The number of hydrogen-bond donors (Lipinski definition) is 0. The van der Waals surface area contributed by atoms with Gasteiger partial charge in [-0.05, 0) is 113 Å². The number of pyridine rings is 1. The summed E-state index contributed by atoms with van der Waals surface area (Å²) in [6.45, 7) is 11.7. The van der Waals surface area contributed by atoms with Gasteiger partial charge in [-0.15, -0.1) is 0 Å². The fourth-order valence-electron chi connectivity index (χ4n) is 6.70. The fourth-order valence-corrected chi connectivity index (χ4v) is 6.70. The first-order valence-electron chi connectivity index (χ1n) is 13.4. The molecule has 1 aromatic heterocycles. The van der Waals surface area contributed by atoms with E-state index in [1.807, 2.05) is 0 Å². The Hall–Kier alpha value is -2.93. The van der Waals surface area contributed by atoms with Gasteiger partial charge in [0.15, 0.2) is 0 Å². The van der Waals surface area contributed by atoms with Gasteiger partial charge in [0, 0.05) is 17.1 Å². The smallest absolute Gasteiger partial charge is 0.0783 e. The Morgan fingerprint density at radius 3 is 2.51 bits per heavy atom. The summed E-state index contributed by atoms with van der Waals surface area (Å²) in [6, 6.07) is 21.0. The summed E-state index contributed by atoms with van der Waals surface area (Å²) in [4.78, 5) is 5.21. The van der Waals surface area contributed by atoms with E-state index < -0.39 is 0 Å². The van der Waals surface area contributed by atoms with Crippen LogP contribution in [-0.4, -0.2) is 4.98 Å². The van der Waals surface area contributed by atoms with E-state index in [9.17, 15) is 0 Å². The van der Waals surface area contributed by atoms with E-state index >= 15 is 0 Å². The molecule has 1 nitrogen and oxygen atoms in total. The molecule has 3 aromatic carbocycles. The van der Waals surface area contributed by atoms with Crippen LogP contribution in [0.2, 0.25) is 0 Å². The number of benzene rings is 3. The third-order valence-electron chi connectivity index (χ3n) is 8.39. The van der Waals surface area contributed by atoms with E-state index in [1.165, 1.54) is 80.2 Å². The van der Waals surface area contributed by atoms with Crippen LogP contribution in [0.3, 0.4) is 0 Å². The number of fused-ring (bicyclic) bond motifs is 4. The maximum Gasteiger partial charge on any atom is 0.0783 e. The van der Waals surface area contributed by atoms with Gasteiger partial charge < -0.3 is 0 Å². The molecule has 1 heteroatoms. The zero-order valence-electron chi connectivity index (χ0n) is 21.9. The lowest BCUT2D eigenvalue weighted by molar-refractivity contribution is 0.376. The van der Waals surface area contributed by atoms with Gasteiger partial charge in [-0.3, -0.25) is 4.98 Å². The molecule has 0 bridgehead atoms. The normalized spacial score (nSPS) is 18.3. The second kappa shape index (κ2) is 8.33. The van der Waals surface area contributed by atoms with E-state index in [4.69, 9.17) is 4.98 Å². The number of rotatable bonds is 4. The van der Waals surface area contributed by atoms with Crippen molar-refractivity contribution in [3.05, 3.63) is 88.6 Å². The molecule has 0 aliphatic heterocycles. The van der Waals surface area contributed by atoms with Crippen LogP contribution in [-0.2, 0) is 12.8 Å². The molecule has 1 unspecified atom stereocenters. The van der Waals surface area contributed by atoms with Crippen LogP contribution >= 0.6 is 0 Å². The molecule has 1 atom stereocenters. The van der Waals surface area contributed by atoms with Crippen LogP contribution in [0.25, 0.3) is 33.2 Å². The molecule has 1 saturated carbocycles. The van der Waals surface area contributed by atoms with Crippen molar-refractivity contribution < 1.29 is 0 Å². The lowest BCUT2D eigenvalue weighted by Gasteiger charge is -2.19. The van der Waals surface area contributed by atoms with Gasteiger partial charge in [0.1, 0.15) is 0 Å². The van der Waals surface area contributed by atoms with Crippen molar-refractivity contribution in [1.29, 1.82) is 0 Å². The topological polar surface area (TPSA) is 12.9 Å². The molecule has 1 fully saturated rings. The molecule has 2 aliphatic rings. The molecule has 0 N–H and O–H groups in total. The van der Waals surface area contributed by atoms with Crippen LogP contribution < -0.4 is 0 Å². The molecule has 6 rings (SSSR count). The molecule has 0 amide bonds. The summed E-state index contributed by atoms with van der Waals surface area (Å²) in [5.41, 5.74) is 12.8. The van der Waals surface area contributed by atoms with Gasteiger partial charge >= 0.3 is 0 Å². The first-order valence-corrected chi connectivity index (χ1v) is 13.4. The summed E-state index contributed by atoms with van der Waals surface area (Å²) in [6.07, 6.45) is 8.11. The Labute approximate surface area is 210 Å². The molecule has 1 heterocycles. The quantitative estimate of drug-likeness (QED) is 0.261. The molecule has 2 aliphatic carbocycles. The summed E-state index contributed by atoms with van der Waals surface area (Å²) in [5.74, 6) is 1.27. The predicted molar refractivity (Wildman–Crippen MR) is 149 cm³/mol. The Balaban J connectivity index is 1.56. The van der Waals surface area contributed by atoms with E-state index in [2.05, 4.69) is 95.4 Å². The van der Waals surface area contributed by atoms with Gasteiger partial charge in [0.25, 0.3) is 0 Å². The highest BCUT2D eigenvalue weighted by Crippen LogP contribution is 2.48. The van der Waals surface area contributed by atoms with Gasteiger partial charge in [-0.1, -0.05) is 70.2 Å². The monoisotopic (exact) mass is 459 g/mol. The lowest BCUT2D eigenvalue weighted by atomic mass is 9.86. The van der Waals surface area contributed by atoms with Gasteiger partial charge in [0.05, 0.1) is 5.69 Å². The van der Waals surface area contributed by atoms with Crippen molar-refractivity contribution in [2.45, 2.75) is 72.6 Å². The van der Waals surface area contributed by atoms with Crippen LogP contribution in [0.1, 0.15) is 80.7 Å². The second-order valence-electron chi connectivity index (χ2n) is 12.3. The highest BCUT2D eigenvalue weighted by atomic mass is 14.7. The van der Waals surface area contributed by atoms with Crippen molar-refractivity contribution in [2.75, 3.05) is 0 Å². The molecule has 35 heavy (non-hydrogen) atoms. The zero-order valence-corrected chi connectivity index (χ0v) is 21.9. The van der Waals surface area contributed by atoms with Crippen molar-refractivity contribution in [2.24, 2.45) is 11.3 Å². The molecule has 0 saturated heterocycles. The molecule has 0 spiro atoms. The molecule has 4 aromatic rings. The number of aryl methyl sites for hydroxylation is 1. The highest BCUT2D eigenvalue weighted by molar-refractivity contribution is 5.99. The lowest BCUT2D eigenvalue weighted by Crippen LogP contribution is -2.05. The van der Waals surface area contributed by atoms with Crippen LogP contribution in [0.5, 0.6) is 0 Å². The minimum Gasteiger partial charge on any atom is -0.255 e. The molecular weight excluding hydrogens is 422 g/mol. The maximum absolute atomic E-state index is 5.21. The summed E-state index contributed by atoms with van der Waals surface area (Å²) < 4.78 is 0. The summed E-state index contributed by atoms with van der Waals surface area (Å²) in [7, 11) is 0. The van der Waals surface area contributed by atoms with E-state index in [0.717, 1.165) is 12.8 Å². The number of hydrogen-bond acceptors (Lipinski definition) is 1. The summed E-state index contributed by atoms with van der Waals surface area (Å²) in [5, 5.41) is 2.73. The van der Waals surface area contributed by atoms with E-state index in [0.29, 0.717) is 17.3 Å². The first kappa shape index (κ1) is 22.5. The standard InChI is InChI=1S/C34H37N/c1-21(2)14-26-20-35-33(32-17-23(10-11-28(26)32)25-12-13-34(4,5)19-25)31-16-22(3)15-29-27-9-7-6-8-24(27)18-30(29)31/h6-11,15-17,20-21,25H,12-14,18-19H2,1-5H3. The first-order chi connectivity index (χ1) is 16.8. The minimum atomic E-state index is 0.448. The van der Waals surface area contributed by atoms with Gasteiger partial charge in [-0.2, -0.15) is 0 Å². The van der Waals surface area contributed by atoms with E-state index in [1.54, 1.807) is 0 Å². The minimum absolute atomic E-state index is 0.448. The number of aromatic nitrogens is 1. The highest BCUT2D eigenvalue weighted by Gasteiger charge is 2.32. The Morgan fingerprint density at radius 1 is 0.943 bits per heavy atom. The van der Waals surface area contributed by atoms with Crippen molar-refractivity contribution >= 4 is 10.8 Å². The fraction of sp³-hybridized carbons (Fsp3) is 0.382. The Morgan fingerprint density at radius 2 is 1.74 bits per heavy atom. The summed E-state index contributed by atoms with van der Waals surface area (Å²) >= 11 is 0. The third-order valence-corrected chi connectivity index (χ3v) is 8.39. The average Bonchev–Trinajstić information content (AvgIpc) is 3.38. The number of nitrogens with zero attached hydrogens (tertiary/aromatic N) is 1. The van der Waals surface area contributed by atoms with Crippen molar-refractivity contribution in [1.82, 2.24) is 4.98 Å². The van der Waals surface area contributed by atoms with Crippen LogP contribution in [0.15, 0.2) is 60.8 Å². The largest absolute Gasteiger partial charge is 0.255 e. The molecule has 178 valence electrons. The molecule has 0 radical (unpaired) electrons. The van der Waals surface area contributed by atoms with Crippen LogP contribution in [0.4, 0.5) is 0 Å².